The summed E-state index contributed by atoms with van der Waals surface area (Å²) in [4.78, 5) is 24.5. The summed E-state index contributed by atoms with van der Waals surface area (Å²) < 4.78 is 0. The third-order valence-electron chi connectivity index (χ3n) is 3.71. The first-order valence-electron chi connectivity index (χ1n) is 8.56. The van der Waals surface area contributed by atoms with Crippen molar-refractivity contribution in [1.82, 2.24) is 10.6 Å². The van der Waals surface area contributed by atoms with Gasteiger partial charge in [0.2, 0.25) is 0 Å². The van der Waals surface area contributed by atoms with E-state index in [1.165, 1.54) is 11.1 Å². The van der Waals surface area contributed by atoms with Crippen LogP contribution in [0, 0.1) is 5.92 Å². The fraction of sp³-hybridized carbons (Fsp3) is 0.579. The maximum Gasteiger partial charge on any atom is 0.321 e. The van der Waals surface area contributed by atoms with Crippen LogP contribution >= 0.6 is 0 Å². The van der Waals surface area contributed by atoms with Crippen molar-refractivity contribution in [2.75, 3.05) is 20.1 Å². The van der Waals surface area contributed by atoms with Crippen molar-refractivity contribution < 1.29 is 14.5 Å². The van der Waals surface area contributed by atoms with Gasteiger partial charge < -0.3 is 10.2 Å². The van der Waals surface area contributed by atoms with Crippen molar-refractivity contribution in [2.45, 2.75) is 46.6 Å². The predicted molar refractivity (Wildman–Crippen MR) is 97.0 cm³/mol. The average Bonchev–Trinajstić information content (AvgIpc) is 2.44. The number of benzene rings is 1. The van der Waals surface area contributed by atoms with Crippen LogP contribution in [0.5, 0.6) is 0 Å². The first-order chi connectivity index (χ1) is 11.1. The van der Waals surface area contributed by atoms with Crippen molar-refractivity contribution >= 4 is 11.9 Å². The van der Waals surface area contributed by atoms with E-state index in [9.17, 15) is 9.59 Å². The van der Waals surface area contributed by atoms with Crippen LogP contribution in [-0.2, 0) is 16.8 Å². The molecule has 5 heteroatoms. The molecule has 0 saturated carbocycles. The van der Waals surface area contributed by atoms with Gasteiger partial charge >= 0.3 is 6.03 Å². The number of carbonyl (C=O) groups is 2. The van der Waals surface area contributed by atoms with Gasteiger partial charge in [0, 0.05) is 12.1 Å². The van der Waals surface area contributed by atoms with E-state index < -0.39 is 6.03 Å². The van der Waals surface area contributed by atoms with E-state index in [1.807, 2.05) is 20.9 Å². The molecule has 0 aromatic heterocycles. The smallest absolute Gasteiger partial charge is 0.321 e. The molecule has 134 valence electrons. The van der Waals surface area contributed by atoms with Gasteiger partial charge in [-0.1, -0.05) is 58.9 Å². The van der Waals surface area contributed by atoms with Gasteiger partial charge in [0.15, 0.2) is 6.54 Å². The van der Waals surface area contributed by atoms with Gasteiger partial charge in [0.05, 0.1) is 7.05 Å². The fourth-order valence-corrected chi connectivity index (χ4v) is 2.32. The summed E-state index contributed by atoms with van der Waals surface area (Å²) in [7, 11) is 1.95. The summed E-state index contributed by atoms with van der Waals surface area (Å²) in [6, 6.07) is 8.08. The third kappa shape index (κ3) is 7.59. The molecule has 3 amide bonds. The number of amides is 3. The van der Waals surface area contributed by atoms with Gasteiger partial charge in [-0.3, -0.25) is 10.1 Å². The Morgan fingerprint density at radius 1 is 1.12 bits per heavy atom. The summed E-state index contributed by atoms with van der Waals surface area (Å²) in [5.74, 6) is 0.0929. The van der Waals surface area contributed by atoms with E-state index in [1.54, 1.807) is 0 Å². The molecular formula is C19H32N3O2+. The van der Waals surface area contributed by atoms with Crippen molar-refractivity contribution in [3.63, 3.8) is 0 Å². The normalized spacial score (nSPS) is 12.8. The summed E-state index contributed by atoms with van der Waals surface area (Å²) >= 11 is 0. The quantitative estimate of drug-likeness (QED) is 0.738. The van der Waals surface area contributed by atoms with Crippen molar-refractivity contribution in [2.24, 2.45) is 5.92 Å². The molecule has 0 fully saturated rings. The van der Waals surface area contributed by atoms with Crippen LogP contribution in [-0.4, -0.2) is 32.1 Å². The zero-order valence-electron chi connectivity index (χ0n) is 15.8. The minimum absolute atomic E-state index is 0.139. The maximum atomic E-state index is 11.9. The highest BCUT2D eigenvalue weighted by atomic mass is 16.2. The topological polar surface area (TPSA) is 62.6 Å². The number of imide groups is 1. The second kappa shape index (κ2) is 8.83. The molecule has 3 N–H and O–H groups in total. The number of nitrogens with one attached hydrogen (secondary N) is 3. The van der Waals surface area contributed by atoms with E-state index in [2.05, 4.69) is 55.7 Å². The lowest BCUT2D eigenvalue weighted by atomic mass is 9.87. The summed E-state index contributed by atoms with van der Waals surface area (Å²) in [6.45, 7) is 12.1. The number of quaternary nitrogens is 1. The Morgan fingerprint density at radius 2 is 1.71 bits per heavy atom. The molecule has 0 bridgehead atoms. The number of hydrogen-bond acceptors (Lipinski definition) is 2. The fourth-order valence-electron chi connectivity index (χ4n) is 2.32. The predicted octanol–water partition coefficient (Wildman–Crippen LogP) is 1.48. The number of likely N-dealkylation sites (N-methyl/N-ethyl adjacent to an activating group) is 1. The van der Waals surface area contributed by atoms with Gasteiger partial charge in [-0.2, -0.15) is 0 Å². The van der Waals surface area contributed by atoms with E-state index in [0.717, 1.165) is 11.4 Å². The van der Waals surface area contributed by atoms with Crippen molar-refractivity contribution in [3.8, 4) is 0 Å². The lowest BCUT2D eigenvalue weighted by Gasteiger charge is -2.19. The number of rotatable bonds is 6. The summed E-state index contributed by atoms with van der Waals surface area (Å²) in [6.07, 6.45) is 0. The van der Waals surface area contributed by atoms with Crippen LogP contribution in [0.3, 0.4) is 0 Å². The van der Waals surface area contributed by atoms with Gasteiger partial charge in [0.25, 0.3) is 5.91 Å². The Labute approximate surface area is 145 Å². The minimum atomic E-state index is -0.420. The molecule has 0 radical (unpaired) electrons. The molecule has 0 aliphatic heterocycles. The summed E-state index contributed by atoms with van der Waals surface area (Å²) in [5, 5.41) is 5.05. The molecule has 1 rings (SSSR count). The van der Waals surface area contributed by atoms with E-state index in [-0.39, 0.29) is 17.9 Å². The minimum Gasteiger partial charge on any atom is -0.338 e. The molecular weight excluding hydrogens is 302 g/mol. The zero-order valence-corrected chi connectivity index (χ0v) is 15.8. The van der Waals surface area contributed by atoms with Gasteiger partial charge in [-0.25, -0.2) is 4.79 Å². The molecule has 1 aromatic rings. The second-order valence-corrected chi connectivity index (χ2v) is 7.91. The Bertz CT molecular complexity index is 545. The molecule has 0 spiro atoms. The Balaban J connectivity index is 2.44. The molecule has 0 heterocycles. The average molecular weight is 334 g/mol. The van der Waals surface area contributed by atoms with Crippen LogP contribution in [0.1, 0.15) is 45.7 Å². The van der Waals surface area contributed by atoms with Gasteiger partial charge in [-0.05, 0) is 16.9 Å². The lowest BCUT2D eigenvalue weighted by molar-refractivity contribution is -0.885. The van der Waals surface area contributed by atoms with E-state index in [4.69, 9.17) is 0 Å². The highest BCUT2D eigenvalue weighted by molar-refractivity contribution is 5.94. The molecule has 0 aliphatic rings. The van der Waals surface area contributed by atoms with Gasteiger partial charge in [-0.15, -0.1) is 0 Å². The Kier molecular flexibility index (Phi) is 7.42. The molecule has 5 nitrogen and oxygen atoms in total. The van der Waals surface area contributed by atoms with Crippen LogP contribution < -0.4 is 15.5 Å². The van der Waals surface area contributed by atoms with Crippen molar-refractivity contribution in [1.29, 1.82) is 0 Å². The highest BCUT2D eigenvalue weighted by Gasteiger charge is 2.15. The monoisotopic (exact) mass is 334 g/mol. The van der Waals surface area contributed by atoms with E-state index in [0.29, 0.717) is 12.5 Å². The van der Waals surface area contributed by atoms with Crippen LogP contribution in [0.15, 0.2) is 24.3 Å². The molecule has 1 unspecified atom stereocenters. The van der Waals surface area contributed by atoms with Crippen molar-refractivity contribution in [3.05, 3.63) is 35.4 Å². The third-order valence-corrected chi connectivity index (χ3v) is 3.71. The molecule has 0 aliphatic carbocycles. The molecule has 1 atom stereocenters. The molecule has 1 aromatic carbocycles. The highest BCUT2D eigenvalue weighted by Crippen LogP contribution is 2.21. The lowest BCUT2D eigenvalue weighted by Crippen LogP contribution is -3.09. The largest absolute Gasteiger partial charge is 0.338 e. The first kappa shape index (κ1) is 20.2. The standard InChI is InChI=1S/C19H31N3O2/c1-14(2)11-20-18(24)21-17(23)13-22(6)12-15-7-9-16(10-8-15)19(3,4)5/h7-10,14H,11-13H2,1-6H3,(H2,20,21,23,24)/p+1. The van der Waals surface area contributed by atoms with Gasteiger partial charge in [0.1, 0.15) is 6.54 Å². The Hall–Kier alpha value is -1.88. The number of carbonyl (C=O) groups excluding carboxylic acids is 2. The zero-order chi connectivity index (χ0) is 18.3. The number of hydrogen-bond donors (Lipinski definition) is 3. The Morgan fingerprint density at radius 3 is 2.21 bits per heavy atom. The van der Waals surface area contributed by atoms with E-state index >= 15 is 0 Å². The molecule has 24 heavy (non-hydrogen) atoms. The maximum absolute atomic E-state index is 11.9. The first-order valence-corrected chi connectivity index (χ1v) is 8.56. The van der Waals surface area contributed by atoms with Crippen LogP contribution in [0.2, 0.25) is 0 Å². The molecule has 0 saturated heterocycles. The second-order valence-electron chi connectivity index (χ2n) is 7.91. The SMILES string of the molecule is CC(C)CNC(=O)NC(=O)C[NH+](C)Cc1ccc(C(C)(C)C)cc1. The number of urea groups is 1. The van der Waals surface area contributed by atoms with Crippen LogP contribution in [0.4, 0.5) is 4.79 Å². The summed E-state index contributed by atoms with van der Waals surface area (Å²) in [5.41, 5.74) is 2.61. The van der Waals surface area contributed by atoms with Crippen LogP contribution in [0.25, 0.3) is 0 Å².